The van der Waals surface area contributed by atoms with E-state index in [0.29, 0.717) is 30.4 Å². The van der Waals surface area contributed by atoms with E-state index < -0.39 is 10.0 Å². The standard InChI is InChI=1S/C15H24N2O3S/c1-2-13-7-9-17(10-8-13)21(18,19)12-11-20-15-6-4-3-5-14(15)16/h3-6,13H,2,7-12,16H2,1H3. The third kappa shape index (κ3) is 4.35. The van der Waals surface area contributed by atoms with Gasteiger partial charge in [0.25, 0.3) is 0 Å². The number of benzene rings is 1. The summed E-state index contributed by atoms with van der Waals surface area (Å²) < 4.78 is 31.6. The average Bonchev–Trinajstić information content (AvgIpc) is 2.49. The van der Waals surface area contributed by atoms with Crippen LogP contribution in [0.5, 0.6) is 5.75 Å². The lowest BCUT2D eigenvalue weighted by atomic mass is 9.96. The smallest absolute Gasteiger partial charge is 0.217 e. The molecule has 21 heavy (non-hydrogen) atoms. The maximum atomic E-state index is 12.3. The monoisotopic (exact) mass is 312 g/mol. The highest BCUT2D eigenvalue weighted by molar-refractivity contribution is 7.89. The Morgan fingerprint density at radius 1 is 1.29 bits per heavy atom. The lowest BCUT2D eigenvalue weighted by molar-refractivity contribution is 0.266. The van der Waals surface area contributed by atoms with E-state index in [9.17, 15) is 8.42 Å². The topological polar surface area (TPSA) is 72.6 Å². The number of rotatable bonds is 6. The van der Waals surface area contributed by atoms with Gasteiger partial charge in [-0.05, 0) is 30.9 Å². The van der Waals surface area contributed by atoms with Crippen molar-refractivity contribution in [1.82, 2.24) is 4.31 Å². The van der Waals surface area contributed by atoms with E-state index in [1.54, 1.807) is 16.4 Å². The Hall–Kier alpha value is -1.27. The summed E-state index contributed by atoms with van der Waals surface area (Å²) in [5, 5.41) is 0. The molecule has 0 aromatic heterocycles. The number of nitrogens with two attached hydrogens (primary N) is 1. The molecule has 2 N–H and O–H groups in total. The van der Waals surface area contributed by atoms with Crippen LogP contribution in [-0.4, -0.2) is 38.2 Å². The second-order valence-corrected chi connectivity index (χ2v) is 7.54. The normalized spacial score (nSPS) is 17.8. The molecule has 0 unspecified atom stereocenters. The number of piperidine rings is 1. The fraction of sp³-hybridized carbons (Fsp3) is 0.600. The Morgan fingerprint density at radius 3 is 2.57 bits per heavy atom. The van der Waals surface area contributed by atoms with Crippen LogP contribution < -0.4 is 10.5 Å². The van der Waals surface area contributed by atoms with Crippen molar-refractivity contribution in [2.24, 2.45) is 5.92 Å². The maximum Gasteiger partial charge on any atom is 0.217 e. The summed E-state index contributed by atoms with van der Waals surface area (Å²) in [5.41, 5.74) is 6.29. The van der Waals surface area contributed by atoms with Gasteiger partial charge in [-0.2, -0.15) is 0 Å². The number of hydrogen-bond acceptors (Lipinski definition) is 4. The fourth-order valence-corrected chi connectivity index (χ4v) is 3.91. The first-order valence-corrected chi connectivity index (χ1v) is 9.09. The number of para-hydroxylation sites is 2. The number of sulfonamides is 1. The van der Waals surface area contributed by atoms with E-state index in [-0.39, 0.29) is 12.4 Å². The van der Waals surface area contributed by atoms with E-state index in [1.165, 1.54) is 0 Å². The van der Waals surface area contributed by atoms with Gasteiger partial charge in [0.1, 0.15) is 12.4 Å². The molecule has 1 aromatic rings. The minimum absolute atomic E-state index is 0.00186. The zero-order chi connectivity index (χ0) is 15.3. The van der Waals surface area contributed by atoms with Crippen molar-refractivity contribution in [2.75, 3.05) is 31.2 Å². The summed E-state index contributed by atoms with van der Waals surface area (Å²) in [5.74, 6) is 1.20. The maximum absolute atomic E-state index is 12.3. The molecule has 118 valence electrons. The second kappa shape index (κ2) is 7.13. The van der Waals surface area contributed by atoms with E-state index in [4.69, 9.17) is 10.5 Å². The number of nitrogen functional groups attached to an aromatic ring is 1. The van der Waals surface area contributed by atoms with Crippen LogP contribution in [0.15, 0.2) is 24.3 Å². The first kappa shape index (κ1) is 16.1. The summed E-state index contributed by atoms with van der Waals surface area (Å²) in [6, 6.07) is 7.11. The molecule has 1 aliphatic rings. The summed E-state index contributed by atoms with van der Waals surface area (Å²) >= 11 is 0. The molecule has 1 aromatic carbocycles. The van der Waals surface area contributed by atoms with Crippen LogP contribution in [0.2, 0.25) is 0 Å². The molecule has 5 nitrogen and oxygen atoms in total. The van der Waals surface area contributed by atoms with Gasteiger partial charge in [0.2, 0.25) is 10.0 Å². The van der Waals surface area contributed by atoms with Crippen LogP contribution >= 0.6 is 0 Å². The molecule has 2 rings (SSSR count). The lowest BCUT2D eigenvalue weighted by Gasteiger charge is -2.30. The van der Waals surface area contributed by atoms with Crippen molar-refractivity contribution in [1.29, 1.82) is 0 Å². The van der Waals surface area contributed by atoms with Gasteiger partial charge in [-0.15, -0.1) is 0 Å². The van der Waals surface area contributed by atoms with Gasteiger partial charge in [-0.25, -0.2) is 12.7 Å². The van der Waals surface area contributed by atoms with Crippen LogP contribution in [0.1, 0.15) is 26.2 Å². The second-order valence-electron chi connectivity index (χ2n) is 5.45. The van der Waals surface area contributed by atoms with E-state index in [2.05, 4.69) is 6.92 Å². The molecule has 0 amide bonds. The minimum atomic E-state index is -3.23. The molecule has 0 saturated carbocycles. The largest absolute Gasteiger partial charge is 0.490 e. The summed E-state index contributed by atoms with van der Waals surface area (Å²) in [6.45, 7) is 3.56. The molecule has 1 heterocycles. The lowest BCUT2D eigenvalue weighted by Crippen LogP contribution is -2.40. The predicted octanol–water partition coefficient (Wildman–Crippen LogP) is 2.10. The molecule has 0 aliphatic carbocycles. The quantitative estimate of drug-likeness (QED) is 0.817. The van der Waals surface area contributed by atoms with Gasteiger partial charge in [0, 0.05) is 13.1 Å². The third-order valence-corrected chi connectivity index (χ3v) is 5.90. The average molecular weight is 312 g/mol. The van der Waals surface area contributed by atoms with Crippen LogP contribution in [0.4, 0.5) is 5.69 Å². The van der Waals surface area contributed by atoms with Crippen LogP contribution in [0, 0.1) is 5.92 Å². The van der Waals surface area contributed by atoms with Crippen LogP contribution in [-0.2, 0) is 10.0 Å². The molecule has 1 aliphatic heterocycles. The van der Waals surface area contributed by atoms with E-state index in [1.807, 2.05) is 12.1 Å². The molecule has 0 spiro atoms. The fourth-order valence-electron chi connectivity index (χ4n) is 2.59. The van der Waals surface area contributed by atoms with Crippen molar-refractivity contribution in [3.8, 4) is 5.75 Å². The molecule has 6 heteroatoms. The van der Waals surface area contributed by atoms with Crippen LogP contribution in [0.25, 0.3) is 0 Å². The Balaban J connectivity index is 1.83. The van der Waals surface area contributed by atoms with E-state index in [0.717, 1.165) is 19.3 Å². The predicted molar refractivity (Wildman–Crippen MR) is 84.7 cm³/mol. The van der Waals surface area contributed by atoms with Gasteiger partial charge in [0.05, 0.1) is 11.4 Å². The Kier molecular flexibility index (Phi) is 5.47. The van der Waals surface area contributed by atoms with Gasteiger partial charge < -0.3 is 10.5 Å². The molecular formula is C15H24N2O3S. The number of nitrogens with zero attached hydrogens (tertiary/aromatic N) is 1. The van der Waals surface area contributed by atoms with Crippen molar-refractivity contribution < 1.29 is 13.2 Å². The van der Waals surface area contributed by atoms with Gasteiger partial charge in [-0.3, -0.25) is 0 Å². The van der Waals surface area contributed by atoms with Crippen molar-refractivity contribution >= 4 is 15.7 Å². The Labute approximate surface area is 127 Å². The van der Waals surface area contributed by atoms with Crippen molar-refractivity contribution in [2.45, 2.75) is 26.2 Å². The van der Waals surface area contributed by atoms with Gasteiger partial charge in [-0.1, -0.05) is 25.5 Å². The Bertz CT molecular complexity index is 552. The summed E-state index contributed by atoms with van der Waals surface area (Å²) in [4.78, 5) is 0. The highest BCUT2D eigenvalue weighted by Gasteiger charge is 2.27. The molecule has 1 saturated heterocycles. The van der Waals surface area contributed by atoms with Crippen molar-refractivity contribution in [3.05, 3.63) is 24.3 Å². The highest BCUT2D eigenvalue weighted by Crippen LogP contribution is 2.23. The zero-order valence-electron chi connectivity index (χ0n) is 12.5. The van der Waals surface area contributed by atoms with Gasteiger partial charge in [0.15, 0.2) is 0 Å². The molecule has 1 fully saturated rings. The van der Waals surface area contributed by atoms with E-state index >= 15 is 0 Å². The minimum Gasteiger partial charge on any atom is -0.490 e. The number of ether oxygens (including phenoxy) is 1. The molecule has 0 radical (unpaired) electrons. The first-order chi connectivity index (χ1) is 10.0. The molecular weight excluding hydrogens is 288 g/mol. The first-order valence-electron chi connectivity index (χ1n) is 7.48. The van der Waals surface area contributed by atoms with Gasteiger partial charge >= 0.3 is 0 Å². The SMILES string of the molecule is CCC1CCN(S(=O)(=O)CCOc2ccccc2N)CC1. The summed E-state index contributed by atoms with van der Waals surface area (Å²) in [6.07, 6.45) is 3.05. The number of hydrogen-bond donors (Lipinski definition) is 1. The third-order valence-electron chi connectivity index (χ3n) is 4.06. The summed E-state index contributed by atoms with van der Waals surface area (Å²) in [7, 11) is -3.23. The van der Waals surface area contributed by atoms with Crippen molar-refractivity contribution in [3.63, 3.8) is 0 Å². The molecule has 0 atom stereocenters. The highest BCUT2D eigenvalue weighted by atomic mass is 32.2. The Morgan fingerprint density at radius 2 is 1.95 bits per heavy atom. The zero-order valence-corrected chi connectivity index (χ0v) is 13.3. The van der Waals surface area contributed by atoms with Crippen LogP contribution in [0.3, 0.4) is 0 Å². The number of anilines is 1. The molecule has 0 bridgehead atoms.